The Labute approximate surface area is 306 Å². The summed E-state index contributed by atoms with van der Waals surface area (Å²) in [6, 6.07) is 0. The number of nitrogens with zero attached hydrogens (tertiary/aromatic N) is 1. The average Bonchev–Trinajstić information content (AvgIpc) is 3.67. The maximum absolute atomic E-state index is 11.9. The molecule has 0 aromatic rings. The highest BCUT2D eigenvalue weighted by molar-refractivity contribution is 6.13. The van der Waals surface area contributed by atoms with Gasteiger partial charge < -0.3 is 53.3 Å². The summed E-state index contributed by atoms with van der Waals surface area (Å²) in [6.07, 6.45) is 6.19. The van der Waals surface area contributed by atoms with E-state index in [9.17, 15) is 19.2 Å². The van der Waals surface area contributed by atoms with Crippen molar-refractivity contribution in [3.8, 4) is 11.8 Å². The highest BCUT2D eigenvalue weighted by atomic mass is 16.6. The molecule has 1 unspecified atom stereocenters. The van der Waals surface area contributed by atoms with Crippen LogP contribution >= 0.6 is 0 Å². The Bertz CT molecular complexity index is 1090. The Morgan fingerprint density at radius 3 is 1.40 bits per heavy atom. The first-order valence-electron chi connectivity index (χ1n) is 18.3. The van der Waals surface area contributed by atoms with Crippen molar-refractivity contribution in [3.63, 3.8) is 0 Å². The highest BCUT2D eigenvalue weighted by Crippen LogP contribution is 2.52. The molecule has 16 nitrogen and oxygen atoms in total. The molecule has 16 heteroatoms. The van der Waals surface area contributed by atoms with Crippen LogP contribution in [0.25, 0.3) is 0 Å². The van der Waals surface area contributed by atoms with Gasteiger partial charge in [0, 0.05) is 51.0 Å². The molecule has 0 bridgehead atoms. The lowest BCUT2D eigenvalue weighted by molar-refractivity contribution is -0.137. The Morgan fingerprint density at radius 2 is 0.981 bits per heavy atom. The first-order valence-corrected chi connectivity index (χ1v) is 18.3. The van der Waals surface area contributed by atoms with Crippen LogP contribution in [0.3, 0.4) is 0 Å². The third-order valence-electron chi connectivity index (χ3n) is 8.40. The molecule has 4 amide bonds. The number of imide groups is 1. The summed E-state index contributed by atoms with van der Waals surface area (Å²) >= 11 is 0. The maximum Gasteiger partial charge on any atom is 0.407 e. The Hall–Kier alpha value is -3.14. The van der Waals surface area contributed by atoms with Gasteiger partial charge in [-0.1, -0.05) is 0 Å². The number of carbonyl (C=O) groups excluding carboxylic acids is 4. The zero-order chi connectivity index (χ0) is 36.9. The lowest BCUT2D eigenvalue weighted by Gasteiger charge is -2.13. The predicted molar refractivity (Wildman–Crippen MR) is 186 cm³/mol. The van der Waals surface area contributed by atoms with E-state index < -0.39 is 11.8 Å². The van der Waals surface area contributed by atoms with Crippen molar-refractivity contribution in [2.75, 3.05) is 132 Å². The average molecular weight is 740 g/mol. The van der Waals surface area contributed by atoms with Gasteiger partial charge in [0.05, 0.1) is 112 Å². The molecule has 2 N–H and O–H groups in total. The maximum atomic E-state index is 11.9. The van der Waals surface area contributed by atoms with E-state index in [1.165, 1.54) is 12.2 Å². The second kappa shape index (κ2) is 28.4. The molecular weight excluding hydrogens is 682 g/mol. The van der Waals surface area contributed by atoms with Gasteiger partial charge >= 0.3 is 6.09 Å². The number of hydrogen-bond donors (Lipinski definition) is 2. The van der Waals surface area contributed by atoms with Crippen molar-refractivity contribution in [1.82, 2.24) is 15.5 Å². The molecule has 1 fully saturated rings. The Morgan fingerprint density at radius 1 is 0.596 bits per heavy atom. The van der Waals surface area contributed by atoms with Crippen LogP contribution in [-0.4, -0.2) is 161 Å². The summed E-state index contributed by atoms with van der Waals surface area (Å²) < 4.78 is 49.1. The molecule has 3 atom stereocenters. The fraction of sp³-hybridized carbons (Fsp3) is 0.778. The summed E-state index contributed by atoms with van der Waals surface area (Å²) in [6.45, 7) is 8.23. The van der Waals surface area contributed by atoms with Crippen LogP contribution < -0.4 is 10.6 Å². The lowest BCUT2D eigenvalue weighted by Crippen LogP contribution is -2.35. The van der Waals surface area contributed by atoms with Crippen LogP contribution in [0.2, 0.25) is 0 Å². The Kier molecular flexibility index (Phi) is 23.6. The van der Waals surface area contributed by atoms with E-state index in [0.29, 0.717) is 143 Å². The third-order valence-corrected chi connectivity index (χ3v) is 8.40. The molecule has 2 aliphatic carbocycles. The quantitative estimate of drug-likeness (QED) is 0.0561. The fourth-order valence-corrected chi connectivity index (χ4v) is 5.59. The number of hydrogen-bond acceptors (Lipinski definition) is 13. The van der Waals surface area contributed by atoms with Crippen LogP contribution in [0, 0.1) is 29.6 Å². The Balaban J connectivity index is 0.917. The van der Waals surface area contributed by atoms with Gasteiger partial charge in [-0.25, -0.2) is 4.79 Å². The first kappa shape index (κ1) is 43.3. The first-order chi connectivity index (χ1) is 25.6. The third kappa shape index (κ3) is 20.2. The van der Waals surface area contributed by atoms with Gasteiger partial charge in [0.25, 0.3) is 11.8 Å². The van der Waals surface area contributed by atoms with E-state index in [0.717, 1.165) is 30.6 Å². The fourth-order valence-electron chi connectivity index (χ4n) is 5.59. The molecule has 0 radical (unpaired) electrons. The van der Waals surface area contributed by atoms with Gasteiger partial charge in [0.15, 0.2) is 0 Å². The molecule has 294 valence electrons. The zero-order valence-corrected chi connectivity index (χ0v) is 30.3. The van der Waals surface area contributed by atoms with Crippen molar-refractivity contribution < 1.29 is 61.8 Å². The number of amides is 4. The number of nitrogens with one attached hydrogen (secondary N) is 2. The van der Waals surface area contributed by atoms with Crippen molar-refractivity contribution in [3.05, 3.63) is 12.2 Å². The summed E-state index contributed by atoms with van der Waals surface area (Å²) in [7, 11) is 0. The molecule has 1 heterocycles. The molecule has 3 rings (SSSR count). The van der Waals surface area contributed by atoms with Gasteiger partial charge in [-0.3, -0.25) is 19.3 Å². The minimum Gasteiger partial charge on any atom is -0.449 e. The molecule has 0 aromatic heterocycles. The summed E-state index contributed by atoms with van der Waals surface area (Å²) in [5.41, 5.74) is 0. The molecule has 52 heavy (non-hydrogen) atoms. The number of ether oxygens (including phenoxy) is 9. The second-order valence-corrected chi connectivity index (χ2v) is 12.1. The van der Waals surface area contributed by atoms with Gasteiger partial charge in [-0.15, -0.1) is 11.8 Å². The van der Waals surface area contributed by atoms with Gasteiger partial charge in [0.1, 0.15) is 0 Å². The molecule has 0 saturated heterocycles. The van der Waals surface area contributed by atoms with Crippen molar-refractivity contribution in [2.45, 2.75) is 32.1 Å². The molecule has 0 spiro atoms. The van der Waals surface area contributed by atoms with Crippen molar-refractivity contribution in [1.29, 1.82) is 0 Å². The molecule has 1 aliphatic heterocycles. The monoisotopic (exact) mass is 739 g/mol. The lowest BCUT2D eigenvalue weighted by atomic mass is 10.1. The molecule has 0 aromatic carbocycles. The van der Waals surface area contributed by atoms with Crippen LogP contribution in [0.5, 0.6) is 0 Å². The van der Waals surface area contributed by atoms with Crippen LogP contribution in [0.15, 0.2) is 12.2 Å². The van der Waals surface area contributed by atoms with Crippen LogP contribution in [0.1, 0.15) is 32.1 Å². The molecule has 3 aliphatic rings. The van der Waals surface area contributed by atoms with Gasteiger partial charge in [0.2, 0.25) is 5.91 Å². The van der Waals surface area contributed by atoms with E-state index in [1.807, 2.05) is 0 Å². The SMILES string of the molecule is O=C(CCN1C(=O)C=CC1=O)NCCOCCOCCOCCOCCOCCOCCOCCOCCNC(=O)OCC1[C@H]2CCC#CCC[C@@H]12. The smallest absolute Gasteiger partial charge is 0.407 e. The predicted octanol–water partition coefficient (Wildman–Crippen LogP) is 0.716. The highest BCUT2D eigenvalue weighted by Gasteiger charge is 2.49. The van der Waals surface area contributed by atoms with Crippen molar-refractivity contribution >= 4 is 23.8 Å². The van der Waals surface area contributed by atoms with E-state index in [-0.39, 0.29) is 25.0 Å². The number of carbonyl (C=O) groups is 4. The summed E-state index contributed by atoms with van der Waals surface area (Å²) in [4.78, 5) is 47.6. The van der Waals surface area contributed by atoms with Gasteiger partial charge in [-0.05, 0) is 30.6 Å². The summed E-state index contributed by atoms with van der Waals surface area (Å²) in [5, 5.41) is 5.40. The van der Waals surface area contributed by atoms with E-state index >= 15 is 0 Å². The van der Waals surface area contributed by atoms with E-state index in [1.54, 1.807) is 0 Å². The molecular formula is C36H57N3O13. The zero-order valence-electron chi connectivity index (χ0n) is 30.3. The number of alkyl carbamates (subject to hydrolysis) is 1. The number of rotatable bonds is 32. The van der Waals surface area contributed by atoms with Crippen LogP contribution in [-0.2, 0) is 57.0 Å². The van der Waals surface area contributed by atoms with E-state index in [2.05, 4.69) is 22.5 Å². The van der Waals surface area contributed by atoms with Crippen LogP contribution in [0.4, 0.5) is 4.79 Å². The molecule has 1 saturated carbocycles. The minimum atomic E-state index is -0.399. The van der Waals surface area contributed by atoms with Gasteiger partial charge in [-0.2, -0.15) is 0 Å². The summed E-state index contributed by atoms with van der Waals surface area (Å²) in [5.74, 6) is 7.15. The standard InChI is InChI=1S/C36H57N3O13/c40-33(9-12-39-34(41)7-8-35(39)42)37-10-13-44-15-17-46-19-21-48-23-25-50-27-28-51-26-24-49-22-20-47-18-16-45-14-11-38-36(43)52-29-32-30-5-3-1-2-4-6-31(30)32/h7-8,30-32H,3-6,9-29H2,(H,37,40)(H,38,43)/t30-,31+,32?. The normalized spacial score (nSPS) is 19.1. The van der Waals surface area contributed by atoms with E-state index in [4.69, 9.17) is 42.6 Å². The minimum absolute atomic E-state index is 0.0502. The van der Waals surface area contributed by atoms with Crippen molar-refractivity contribution in [2.24, 2.45) is 17.8 Å². The number of fused-ring (bicyclic) bond motifs is 1. The second-order valence-electron chi connectivity index (χ2n) is 12.1. The topological polar surface area (TPSA) is 179 Å². The largest absolute Gasteiger partial charge is 0.449 e.